The van der Waals surface area contributed by atoms with E-state index in [9.17, 15) is 0 Å². The summed E-state index contributed by atoms with van der Waals surface area (Å²) in [6.07, 6.45) is 4.79. The molecule has 28 heavy (non-hydrogen) atoms. The quantitative estimate of drug-likeness (QED) is 0.679. The molecule has 1 aromatic carbocycles. The van der Waals surface area contributed by atoms with Crippen molar-refractivity contribution in [2.45, 2.75) is 32.4 Å². The molecule has 1 aliphatic rings. The van der Waals surface area contributed by atoms with Gasteiger partial charge in [-0.1, -0.05) is 18.2 Å². The van der Waals surface area contributed by atoms with Crippen LogP contribution >= 0.6 is 0 Å². The maximum absolute atomic E-state index is 5.53. The van der Waals surface area contributed by atoms with Gasteiger partial charge in [0.25, 0.3) is 0 Å². The van der Waals surface area contributed by atoms with E-state index in [-0.39, 0.29) is 0 Å². The molecule has 1 saturated heterocycles. The van der Waals surface area contributed by atoms with Crippen molar-refractivity contribution in [1.29, 1.82) is 0 Å². The smallest absolute Gasteiger partial charge is 0.156 e. The van der Waals surface area contributed by atoms with Gasteiger partial charge in [0.1, 0.15) is 18.2 Å². The van der Waals surface area contributed by atoms with Gasteiger partial charge in [0, 0.05) is 44.6 Å². The molecule has 0 radical (unpaired) electrons. The summed E-state index contributed by atoms with van der Waals surface area (Å²) in [7, 11) is 1.66. The van der Waals surface area contributed by atoms with Crippen molar-refractivity contribution in [1.82, 2.24) is 19.5 Å². The molecule has 3 heterocycles. The number of hydrogen-bond donors (Lipinski definition) is 1. The van der Waals surface area contributed by atoms with Crippen LogP contribution in [0.2, 0.25) is 0 Å². The molecule has 0 saturated carbocycles. The van der Waals surface area contributed by atoms with E-state index in [4.69, 9.17) is 9.47 Å². The number of benzene rings is 1. The molecule has 7 nitrogen and oxygen atoms in total. The van der Waals surface area contributed by atoms with Gasteiger partial charge in [0.2, 0.25) is 0 Å². The van der Waals surface area contributed by atoms with Crippen LogP contribution in [0, 0.1) is 6.92 Å². The SMILES string of the molecule is COCc1nc(NCc2ccccc2-n2ccnc2C)cc([C@@H]2CCOC2)n1. The zero-order valence-corrected chi connectivity index (χ0v) is 16.3. The monoisotopic (exact) mass is 379 g/mol. The number of hydrogen-bond acceptors (Lipinski definition) is 6. The lowest BCUT2D eigenvalue weighted by atomic mass is 10.0. The van der Waals surface area contributed by atoms with Crippen LogP contribution in [0.1, 0.15) is 35.2 Å². The van der Waals surface area contributed by atoms with Crippen molar-refractivity contribution in [3.8, 4) is 5.69 Å². The van der Waals surface area contributed by atoms with Crippen LogP contribution in [-0.2, 0) is 22.6 Å². The van der Waals surface area contributed by atoms with Crippen LogP contribution in [-0.4, -0.2) is 39.8 Å². The first-order valence-electron chi connectivity index (χ1n) is 9.51. The molecule has 1 atom stereocenters. The number of methoxy groups -OCH3 is 1. The predicted octanol–water partition coefficient (Wildman–Crippen LogP) is 3.23. The Labute approximate surface area is 164 Å². The lowest BCUT2D eigenvalue weighted by Gasteiger charge is -2.15. The topological polar surface area (TPSA) is 74.1 Å². The van der Waals surface area contributed by atoms with E-state index in [2.05, 4.69) is 37.0 Å². The fourth-order valence-corrected chi connectivity index (χ4v) is 3.49. The van der Waals surface area contributed by atoms with Crippen molar-refractivity contribution in [3.05, 3.63) is 65.6 Å². The summed E-state index contributed by atoms with van der Waals surface area (Å²) in [6.45, 7) is 4.54. The molecule has 0 bridgehead atoms. The highest BCUT2D eigenvalue weighted by Crippen LogP contribution is 2.26. The molecule has 1 aliphatic heterocycles. The van der Waals surface area contributed by atoms with Crippen LogP contribution in [0.5, 0.6) is 0 Å². The van der Waals surface area contributed by atoms with E-state index >= 15 is 0 Å². The summed E-state index contributed by atoms with van der Waals surface area (Å²) in [5.74, 6) is 2.77. The van der Waals surface area contributed by atoms with Gasteiger partial charge >= 0.3 is 0 Å². The Bertz CT molecular complexity index is 934. The van der Waals surface area contributed by atoms with Crippen molar-refractivity contribution < 1.29 is 9.47 Å². The molecule has 2 aromatic heterocycles. The first kappa shape index (κ1) is 18.6. The standard InChI is InChI=1S/C21H25N5O2/c1-15-22-8-9-26(15)19-6-4-3-5-16(19)12-23-20-11-18(17-7-10-28-13-17)24-21(25-20)14-27-2/h3-6,8-9,11,17H,7,10,12-14H2,1-2H3,(H,23,24,25)/t17-/m1/s1. The summed E-state index contributed by atoms with van der Waals surface area (Å²) in [5, 5.41) is 3.46. The lowest BCUT2D eigenvalue weighted by molar-refractivity contribution is 0.177. The minimum atomic E-state index is 0.319. The number of para-hydroxylation sites is 1. The second-order valence-corrected chi connectivity index (χ2v) is 6.91. The summed E-state index contributed by atoms with van der Waals surface area (Å²) >= 11 is 0. The van der Waals surface area contributed by atoms with Gasteiger partial charge in [-0.25, -0.2) is 15.0 Å². The van der Waals surface area contributed by atoms with E-state index in [1.54, 1.807) is 7.11 Å². The van der Waals surface area contributed by atoms with E-state index < -0.39 is 0 Å². The summed E-state index contributed by atoms with van der Waals surface area (Å²) in [4.78, 5) is 13.6. The van der Waals surface area contributed by atoms with Crippen LogP contribution < -0.4 is 5.32 Å². The third kappa shape index (κ3) is 4.05. The molecule has 1 fully saturated rings. The molecule has 0 spiro atoms. The van der Waals surface area contributed by atoms with E-state index in [1.165, 1.54) is 5.56 Å². The molecular formula is C21H25N5O2. The van der Waals surface area contributed by atoms with Crippen LogP contribution in [0.15, 0.2) is 42.7 Å². The molecule has 0 aliphatic carbocycles. The van der Waals surface area contributed by atoms with Gasteiger partial charge in [-0.3, -0.25) is 0 Å². The number of imidazole rings is 1. The minimum Gasteiger partial charge on any atom is -0.381 e. The first-order valence-corrected chi connectivity index (χ1v) is 9.51. The Hall–Kier alpha value is -2.77. The number of nitrogens with zero attached hydrogens (tertiary/aromatic N) is 4. The Morgan fingerprint density at radius 3 is 2.93 bits per heavy atom. The molecule has 4 rings (SSSR count). The van der Waals surface area contributed by atoms with Crippen molar-refractivity contribution in [2.24, 2.45) is 0 Å². The number of nitrogens with one attached hydrogen (secondary N) is 1. The van der Waals surface area contributed by atoms with Crippen molar-refractivity contribution in [3.63, 3.8) is 0 Å². The fourth-order valence-electron chi connectivity index (χ4n) is 3.49. The highest BCUT2D eigenvalue weighted by molar-refractivity contribution is 5.45. The minimum absolute atomic E-state index is 0.319. The van der Waals surface area contributed by atoms with Gasteiger partial charge in [0.15, 0.2) is 5.82 Å². The number of ether oxygens (including phenoxy) is 2. The normalized spacial score (nSPS) is 16.4. The Morgan fingerprint density at radius 1 is 1.29 bits per heavy atom. The van der Waals surface area contributed by atoms with Crippen LogP contribution in [0.4, 0.5) is 5.82 Å². The highest BCUT2D eigenvalue weighted by atomic mass is 16.5. The van der Waals surface area contributed by atoms with Gasteiger partial charge in [-0.15, -0.1) is 0 Å². The average Bonchev–Trinajstić information content (AvgIpc) is 3.39. The van der Waals surface area contributed by atoms with Crippen LogP contribution in [0.25, 0.3) is 5.69 Å². The second-order valence-electron chi connectivity index (χ2n) is 6.91. The average molecular weight is 379 g/mol. The molecular weight excluding hydrogens is 354 g/mol. The number of aromatic nitrogens is 4. The van der Waals surface area contributed by atoms with E-state index in [1.807, 2.05) is 37.5 Å². The summed E-state index contributed by atoms with van der Waals surface area (Å²) in [5.41, 5.74) is 3.29. The molecule has 0 amide bonds. The zero-order chi connectivity index (χ0) is 19.3. The van der Waals surface area contributed by atoms with E-state index in [0.717, 1.165) is 36.1 Å². The maximum atomic E-state index is 5.53. The lowest BCUT2D eigenvalue weighted by Crippen LogP contribution is -2.11. The zero-order valence-electron chi connectivity index (χ0n) is 16.3. The molecule has 1 N–H and O–H groups in total. The molecule has 146 valence electrons. The maximum Gasteiger partial charge on any atom is 0.156 e. The first-order chi connectivity index (χ1) is 13.7. The Balaban J connectivity index is 1.57. The third-order valence-electron chi connectivity index (χ3n) is 4.95. The fraction of sp³-hybridized carbons (Fsp3) is 0.381. The largest absolute Gasteiger partial charge is 0.381 e. The van der Waals surface area contributed by atoms with Crippen molar-refractivity contribution >= 4 is 5.82 Å². The molecule has 7 heteroatoms. The van der Waals surface area contributed by atoms with Crippen LogP contribution in [0.3, 0.4) is 0 Å². The van der Waals surface area contributed by atoms with E-state index in [0.29, 0.717) is 31.5 Å². The predicted molar refractivity (Wildman–Crippen MR) is 107 cm³/mol. The van der Waals surface area contributed by atoms with Crippen molar-refractivity contribution in [2.75, 3.05) is 25.6 Å². The number of aryl methyl sites for hydroxylation is 1. The Kier molecular flexibility index (Phi) is 5.64. The van der Waals surface area contributed by atoms with Gasteiger partial charge in [-0.2, -0.15) is 0 Å². The van der Waals surface area contributed by atoms with Gasteiger partial charge in [-0.05, 0) is 25.0 Å². The Morgan fingerprint density at radius 2 is 2.18 bits per heavy atom. The summed E-state index contributed by atoms with van der Waals surface area (Å²) < 4.78 is 12.9. The number of anilines is 1. The molecule has 3 aromatic rings. The molecule has 0 unspecified atom stereocenters. The summed E-state index contributed by atoms with van der Waals surface area (Å²) in [6, 6.07) is 10.3. The third-order valence-corrected chi connectivity index (χ3v) is 4.95. The highest BCUT2D eigenvalue weighted by Gasteiger charge is 2.21. The second kappa shape index (κ2) is 8.50. The van der Waals surface area contributed by atoms with Gasteiger partial charge in [0.05, 0.1) is 18.0 Å². The number of rotatable bonds is 7. The van der Waals surface area contributed by atoms with Gasteiger partial charge < -0.3 is 19.4 Å².